The zero-order chi connectivity index (χ0) is 17.6. The average molecular weight is 341 g/mol. The van der Waals surface area contributed by atoms with Crippen molar-refractivity contribution < 1.29 is 14.2 Å². The van der Waals surface area contributed by atoms with E-state index >= 15 is 0 Å². The smallest absolute Gasteiger partial charge is 0.161 e. The van der Waals surface area contributed by atoms with Gasteiger partial charge in [0.2, 0.25) is 0 Å². The maximum atomic E-state index is 5.77. The second-order valence-electron chi connectivity index (χ2n) is 6.19. The van der Waals surface area contributed by atoms with Crippen LogP contribution >= 0.6 is 0 Å². The fraction of sp³-hybridized carbons (Fsp3) is 0.429. The maximum Gasteiger partial charge on any atom is 0.161 e. The fourth-order valence-corrected chi connectivity index (χ4v) is 3.27. The number of ether oxygens (including phenoxy) is 3. The van der Waals surface area contributed by atoms with E-state index in [1.165, 1.54) is 16.7 Å². The molecule has 0 radical (unpaired) electrons. The van der Waals surface area contributed by atoms with Crippen molar-refractivity contribution in [2.75, 3.05) is 26.9 Å². The van der Waals surface area contributed by atoms with E-state index in [0.717, 1.165) is 43.2 Å². The lowest BCUT2D eigenvalue weighted by molar-refractivity contribution is 0.309. The minimum absolute atomic E-state index is 0.161. The molecule has 25 heavy (non-hydrogen) atoms. The van der Waals surface area contributed by atoms with Crippen LogP contribution < -0.4 is 19.5 Å². The highest BCUT2D eigenvalue weighted by atomic mass is 16.5. The van der Waals surface area contributed by atoms with E-state index in [9.17, 15) is 0 Å². The van der Waals surface area contributed by atoms with Gasteiger partial charge in [0.15, 0.2) is 11.5 Å². The van der Waals surface area contributed by atoms with Gasteiger partial charge in [-0.05, 0) is 60.7 Å². The van der Waals surface area contributed by atoms with Gasteiger partial charge in [-0.25, -0.2) is 0 Å². The molecule has 0 aliphatic carbocycles. The van der Waals surface area contributed by atoms with Crippen molar-refractivity contribution in [1.29, 1.82) is 0 Å². The van der Waals surface area contributed by atoms with Crippen LogP contribution in [0.2, 0.25) is 0 Å². The number of hydrogen-bond acceptors (Lipinski definition) is 4. The normalized spacial score (nSPS) is 16.2. The zero-order valence-electron chi connectivity index (χ0n) is 15.3. The van der Waals surface area contributed by atoms with E-state index in [1.54, 1.807) is 7.11 Å². The van der Waals surface area contributed by atoms with Crippen LogP contribution in [-0.2, 0) is 6.42 Å². The van der Waals surface area contributed by atoms with Crippen LogP contribution in [0.5, 0.6) is 17.2 Å². The van der Waals surface area contributed by atoms with Crippen molar-refractivity contribution in [3.8, 4) is 17.2 Å². The number of methoxy groups -OCH3 is 1. The van der Waals surface area contributed by atoms with Gasteiger partial charge in [-0.2, -0.15) is 0 Å². The Balaban J connectivity index is 1.91. The van der Waals surface area contributed by atoms with Gasteiger partial charge in [0.05, 0.1) is 26.4 Å². The Hall–Kier alpha value is -2.20. The van der Waals surface area contributed by atoms with Gasteiger partial charge in [-0.1, -0.05) is 19.1 Å². The Morgan fingerprint density at radius 2 is 1.84 bits per heavy atom. The molecule has 0 aromatic heterocycles. The van der Waals surface area contributed by atoms with Crippen molar-refractivity contribution in [2.45, 2.75) is 32.7 Å². The molecule has 2 aromatic rings. The van der Waals surface area contributed by atoms with Gasteiger partial charge in [-0.15, -0.1) is 0 Å². The van der Waals surface area contributed by atoms with Crippen LogP contribution in [0.3, 0.4) is 0 Å². The molecule has 4 nitrogen and oxygen atoms in total. The lowest BCUT2D eigenvalue weighted by atomic mass is 9.89. The van der Waals surface area contributed by atoms with Gasteiger partial charge < -0.3 is 19.5 Å². The number of hydrogen-bond donors (Lipinski definition) is 1. The standard InChI is InChI=1S/C21H27NO3/c1-4-12-25-17-8-6-15(7-9-17)21-18-14-20(24-5-2)19(23-3)13-16(18)10-11-22-21/h6-9,13-14,21-22H,4-5,10-12H2,1-3H3. The quantitative estimate of drug-likeness (QED) is 0.822. The van der Waals surface area contributed by atoms with Crippen molar-refractivity contribution in [1.82, 2.24) is 5.32 Å². The number of rotatable bonds is 7. The number of fused-ring (bicyclic) bond motifs is 1. The largest absolute Gasteiger partial charge is 0.494 e. The van der Waals surface area contributed by atoms with Crippen LogP contribution in [0.1, 0.15) is 43.0 Å². The SMILES string of the molecule is CCCOc1ccc(C2NCCc3cc(OC)c(OCC)cc32)cc1. The summed E-state index contributed by atoms with van der Waals surface area (Å²) in [5.41, 5.74) is 3.81. The zero-order valence-corrected chi connectivity index (χ0v) is 15.3. The second kappa shape index (κ2) is 8.26. The molecule has 4 heteroatoms. The van der Waals surface area contributed by atoms with Crippen molar-refractivity contribution in [3.05, 3.63) is 53.1 Å². The molecular formula is C21H27NO3. The molecule has 0 bridgehead atoms. The lowest BCUT2D eigenvalue weighted by Gasteiger charge is -2.28. The first-order valence-corrected chi connectivity index (χ1v) is 9.06. The molecule has 1 aliphatic rings. The molecule has 0 amide bonds. The number of benzene rings is 2. The van der Waals surface area contributed by atoms with E-state index in [1.807, 2.05) is 19.1 Å². The second-order valence-corrected chi connectivity index (χ2v) is 6.19. The molecule has 0 fully saturated rings. The molecular weight excluding hydrogens is 314 g/mol. The van der Waals surface area contributed by atoms with Gasteiger partial charge in [0.1, 0.15) is 5.75 Å². The first-order valence-electron chi connectivity index (χ1n) is 9.06. The molecule has 1 atom stereocenters. The van der Waals surface area contributed by atoms with E-state index in [2.05, 4.69) is 36.5 Å². The van der Waals surface area contributed by atoms with Gasteiger partial charge in [0, 0.05) is 6.54 Å². The molecule has 1 aliphatic heterocycles. The number of nitrogens with one attached hydrogen (secondary N) is 1. The predicted molar refractivity (Wildman–Crippen MR) is 99.9 cm³/mol. The van der Waals surface area contributed by atoms with Crippen molar-refractivity contribution >= 4 is 0 Å². The van der Waals surface area contributed by atoms with Gasteiger partial charge in [0.25, 0.3) is 0 Å². The topological polar surface area (TPSA) is 39.7 Å². The van der Waals surface area contributed by atoms with Crippen LogP contribution in [0, 0.1) is 0 Å². The predicted octanol–water partition coefficient (Wildman–Crippen LogP) is 4.12. The first-order chi connectivity index (χ1) is 12.3. The fourth-order valence-electron chi connectivity index (χ4n) is 3.27. The molecule has 0 saturated carbocycles. The summed E-state index contributed by atoms with van der Waals surface area (Å²) in [5, 5.41) is 3.62. The van der Waals surface area contributed by atoms with Crippen LogP contribution in [-0.4, -0.2) is 26.9 Å². The molecule has 0 saturated heterocycles. The first kappa shape index (κ1) is 17.6. The van der Waals surface area contributed by atoms with Crippen LogP contribution in [0.25, 0.3) is 0 Å². The Labute approximate surface area is 150 Å². The summed E-state index contributed by atoms with van der Waals surface area (Å²) in [5.74, 6) is 2.54. The van der Waals surface area contributed by atoms with E-state index in [4.69, 9.17) is 14.2 Å². The van der Waals surface area contributed by atoms with Crippen LogP contribution in [0.15, 0.2) is 36.4 Å². The van der Waals surface area contributed by atoms with E-state index in [-0.39, 0.29) is 6.04 Å². The summed E-state index contributed by atoms with van der Waals surface area (Å²) in [7, 11) is 1.69. The van der Waals surface area contributed by atoms with Crippen LogP contribution in [0.4, 0.5) is 0 Å². The Morgan fingerprint density at radius 1 is 1.04 bits per heavy atom. The minimum Gasteiger partial charge on any atom is -0.494 e. The molecule has 1 unspecified atom stereocenters. The molecule has 3 rings (SSSR count). The summed E-state index contributed by atoms with van der Waals surface area (Å²) >= 11 is 0. The highest BCUT2D eigenvalue weighted by Gasteiger charge is 2.24. The summed E-state index contributed by atoms with van der Waals surface area (Å²) in [4.78, 5) is 0. The van der Waals surface area contributed by atoms with Crippen molar-refractivity contribution in [2.24, 2.45) is 0 Å². The van der Waals surface area contributed by atoms with E-state index < -0.39 is 0 Å². The Bertz CT molecular complexity index is 697. The highest BCUT2D eigenvalue weighted by molar-refractivity contribution is 5.51. The molecule has 134 valence electrons. The highest BCUT2D eigenvalue weighted by Crippen LogP contribution is 2.37. The van der Waals surface area contributed by atoms with Crippen molar-refractivity contribution in [3.63, 3.8) is 0 Å². The third kappa shape index (κ3) is 3.90. The lowest BCUT2D eigenvalue weighted by Crippen LogP contribution is -2.30. The van der Waals surface area contributed by atoms with Gasteiger partial charge in [-0.3, -0.25) is 0 Å². The Kier molecular flexibility index (Phi) is 5.82. The summed E-state index contributed by atoms with van der Waals surface area (Å²) < 4.78 is 17.0. The maximum absolute atomic E-state index is 5.77. The molecule has 0 spiro atoms. The average Bonchev–Trinajstić information content (AvgIpc) is 2.66. The van der Waals surface area contributed by atoms with E-state index in [0.29, 0.717) is 6.61 Å². The summed E-state index contributed by atoms with van der Waals surface area (Å²) in [6.45, 7) is 6.42. The molecule has 1 N–H and O–H groups in total. The molecule has 1 heterocycles. The third-order valence-corrected chi connectivity index (χ3v) is 4.47. The summed E-state index contributed by atoms with van der Waals surface area (Å²) in [6, 6.07) is 12.8. The Morgan fingerprint density at radius 3 is 2.52 bits per heavy atom. The van der Waals surface area contributed by atoms with Gasteiger partial charge >= 0.3 is 0 Å². The summed E-state index contributed by atoms with van der Waals surface area (Å²) in [6.07, 6.45) is 2.01. The monoisotopic (exact) mass is 341 g/mol. The minimum atomic E-state index is 0.161. The molecule has 2 aromatic carbocycles. The third-order valence-electron chi connectivity index (χ3n) is 4.47.